The van der Waals surface area contributed by atoms with Crippen LogP contribution in [-0.4, -0.2) is 17.4 Å². The molecule has 0 radical (unpaired) electrons. The van der Waals surface area contributed by atoms with Crippen molar-refractivity contribution in [3.05, 3.63) is 39.0 Å². The molecular formula is C11H12BrNO2S. The van der Waals surface area contributed by atoms with Gasteiger partial charge in [-0.15, -0.1) is 0 Å². The number of hydrogen-bond acceptors (Lipinski definition) is 4. The van der Waals surface area contributed by atoms with Crippen molar-refractivity contribution in [2.24, 2.45) is 0 Å². The standard InChI is InChI=1S/C11H12BrNO2S/c1-8(14)16-7-6-13-10-4-2-9(12)3-5-11(10)15/h2-5H,6-7H2,1H3,(H,13,15). The van der Waals surface area contributed by atoms with Gasteiger partial charge in [-0.2, -0.15) is 0 Å². The predicted molar refractivity (Wildman–Crippen MR) is 72.0 cm³/mol. The van der Waals surface area contributed by atoms with Gasteiger partial charge in [0.05, 0.1) is 5.69 Å². The Balaban J connectivity index is 2.58. The zero-order chi connectivity index (χ0) is 12.0. The summed E-state index contributed by atoms with van der Waals surface area (Å²) in [6.45, 7) is 2.13. The summed E-state index contributed by atoms with van der Waals surface area (Å²) in [7, 11) is 0. The molecule has 0 amide bonds. The minimum Gasteiger partial charge on any atom is -0.381 e. The fourth-order valence-corrected chi connectivity index (χ4v) is 1.83. The first-order valence-corrected chi connectivity index (χ1v) is 6.54. The van der Waals surface area contributed by atoms with Crippen LogP contribution in [0.25, 0.3) is 0 Å². The molecule has 86 valence electrons. The van der Waals surface area contributed by atoms with Crippen molar-refractivity contribution in [3.63, 3.8) is 0 Å². The maximum atomic E-state index is 11.5. The molecule has 0 saturated heterocycles. The molecule has 0 fully saturated rings. The lowest BCUT2D eigenvalue weighted by atomic mass is 10.4. The van der Waals surface area contributed by atoms with Crippen molar-refractivity contribution in [2.45, 2.75) is 6.92 Å². The Bertz CT molecular complexity index is 437. The van der Waals surface area contributed by atoms with Gasteiger partial charge in [0.15, 0.2) is 5.12 Å². The summed E-state index contributed by atoms with van der Waals surface area (Å²) >= 11 is 4.54. The molecule has 0 saturated carbocycles. The van der Waals surface area contributed by atoms with Crippen LogP contribution >= 0.6 is 27.7 Å². The molecule has 1 aromatic carbocycles. The normalized spacial score (nSPS) is 9.88. The van der Waals surface area contributed by atoms with Gasteiger partial charge in [-0.25, -0.2) is 0 Å². The van der Waals surface area contributed by atoms with Crippen LogP contribution in [0.15, 0.2) is 33.5 Å². The lowest BCUT2D eigenvalue weighted by Crippen LogP contribution is -2.11. The van der Waals surface area contributed by atoms with Crippen LogP contribution in [-0.2, 0) is 4.79 Å². The molecule has 1 N–H and O–H groups in total. The first-order valence-electron chi connectivity index (χ1n) is 4.76. The molecule has 0 aromatic heterocycles. The first kappa shape index (κ1) is 13.3. The van der Waals surface area contributed by atoms with Crippen molar-refractivity contribution < 1.29 is 4.79 Å². The van der Waals surface area contributed by atoms with Gasteiger partial charge < -0.3 is 5.32 Å². The van der Waals surface area contributed by atoms with Gasteiger partial charge in [0, 0.05) is 23.7 Å². The van der Waals surface area contributed by atoms with E-state index in [1.807, 2.05) is 6.07 Å². The quantitative estimate of drug-likeness (QED) is 0.868. The number of carbonyl (C=O) groups excluding carboxylic acids is 1. The summed E-state index contributed by atoms with van der Waals surface area (Å²) in [6, 6.07) is 6.75. The lowest BCUT2D eigenvalue weighted by Gasteiger charge is -2.01. The summed E-state index contributed by atoms with van der Waals surface area (Å²) in [4.78, 5) is 22.2. The SMILES string of the molecule is CC(=O)SCCNc1ccc(Br)ccc1=O. The van der Waals surface area contributed by atoms with Crippen LogP contribution in [0.4, 0.5) is 5.69 Å². The minimum atomic E-state index is -0.0569. The molecule has 5 heteroatoms. The van der Waals surface area contributed by atoms with E-state index >= 15 is 0 Å². The summed E-state index contributed by atoms with van der Waals surface area (Å²) in [5.74, 6) is 0.661. The number of halogens is 1. The summed E-state index contributed by atoms with van der Waals surface area (Å²) in [6.07, 6.45) is 0. The van der Waals surface area contributed by atoms with E-state index in [-0.39, 0.29) is 10.5 Å². The molecule has 0 heterocycles. The highest BCUT2D eigenvalue weighted by atomic mass is 79.9. The third-order valence-electron chi connectivity index (χ3n) is 1.79. The number of rotatable bonds is 4. The van der Waals surface area contributed by atoms with E-state index in [1.165, 1.54) is 24.8 Å². The molecule has 1 aromatic rings. The third kappa shape index (κ3) is 4.81. The second-order valence-electron chi connectivity index (χ2n) is 3.10. The van der Waals surface area contributed by atoms with E-state index in [0.29, 0.717) is 18.0 Å². The minimum absolute atomic E-state index is 0.0569. The zero-order valence-corrected chi connectivity index (χ0v) is 11.2. The van der Waals surface area contributed by atoms with E-state index in [1.54, 1.807) is 12.1 Å². The molecule has 1 rings (SSSR count). The van der Waals surface area contributed by atoms with E-state index in [0.717, 1.165) is 4.47 Å². The average Bonchev–Trinajstić information content (AvgIpc) is 2.38. The average molecular weight is 302 g/mol. The van der Waals surface area contributed by atoms with E-state index in [9.17, 15) is 9.59 Å². The van der Waals surface area contributed by atoms with Crippen molar-refractivity contribution in [1.29, 1.82) is 0 Å². The molecule has 3 nitrogen and oxygen atoms in total. The van der Waals surface area contributed by atoms with Gasteiger partial charge in [-0.1, -0.05) is 27.7 Å². The van der Waals surface area contributed by atoms with Crippen LogP contribution in [0, 0.1) is 0 Å². The van der Waals surface area contributed by atoms with Gasteiger partial charge in [-0.3, -0.25) is 9.59 Å². The Kier molecular flexibility index (Phi) is 5.55. The largest absolute Gasteiger partial charge is 0.381 e. The number of nitrogens with one attached hydrogen (secondary N) is 1. The molecule has 0 aliphatic carbocycles. The Morgan fingerprint density at radius 3 is 2.75 bits per heavy atom. The van der Waals surface area contributed by atoms with Gasteiger partial charge in [-0.05, 0) is 24.3 Å². The van der Waals surface area contributed by atoms with Gasteiger partial charge >= 0.3 is 0 Å². The van der Waals surface area contributed by atoms with Crippen LogP contribution in [0.3, 0.4) is 0 Å². The second-order valence-corrected chi connectivity index (χ2v) is 5.28. The fourth-order valence-electron chi connectivity index (χ4n) is 1.07. The molecule has 0 spiro atoms. The van der Waals surface area contributed by atoms with Gasteiger partial charge in [0.2, 0.25) is 5.43 Å². The monoisotopic (exact) mass is 301 g/mol. The Morgan fingerprint density at radius 1 is 1.38 bits per heavy atom. The number of hydrogen-bond donors (Lipinski definition) is 1. The second kappa shape index (κ2) is 6.70. The van der Waals surface area contributed by atoms with E-state index in [2.05, 4.69) is 21.2 Å². The van der Waals surface area contributed by atoms with Crippen molar-refractivity contribution in [1.82, 2.24) is 0 Å². The van der Waals surface area contributed by atoms with E-state index < -0.39 is 0 Å². The highest BCUT2D eigenvalue weighted by Gasteiger charge is 1.97. The number of anilines is 1. The summed E-state index contributed by atoms with van der Waals surface area (Å²) < 4.78 is 0.857. The zero-order valence-electron chi connectivity index (χ0n) is 8.83. The third-order valence-corrected chi connectivity index (χ3v) is 3.13. The maximum absolute atomic E-state index is 11.5. The highest BCUT2D eigenvalue weighted by Crippen LogP contribution is 2.08. The van der Waals surface area contributed by atoms with Gasteiger partial charge in [0.25, 0.3) is 0 Å². The Hall–Kier alpha value is -0.810. The number of carbonyl (C=O) groups is 1. The fraction of sp³-hybridized carbons (Fsp3) is 0.273. The molecular weight excluding hydrogens is 290 g/mol. The molecule has 0 bridgehead atoms. The van der Waals surface area contributed by atoms with E-state index in [4.69, 9.17) is 0 Å². The predicted octanol–water partition coefficient (Wildman–Crippen LogP) is 2.50. The van der Waals surface area contributed by atoms with Crippen LogP contribution < -0.4 is 10.7 Å². The van der Waals surface area contributed by atoms with Crippen molar-refractivity contribution >= 4 is 38.5 Å². The van der Waals surface area contributed by atoms with Crippen LogP contribution in [0.1, 0.15) is 6.92 Å². The Labute approximate surface area is 107 Å². The number of thioether (sulfide) groups is 1. The van der Waals surface area contributed by atoms with Crippen molar-refractivity contribution in [3.8, 4) is 0 Å². The first-order chi connectivity index (χ1) is 7.59. The van der Waals surface area contributed by atoms with Crippen molar-refractivity contribution in [2.75, 3.05) is 17.6 Å². The summed E-state index contributed by atoms with van der Waals surface area (Å²) in [5.41, 5.74) is 0.494. The molecule has 0 aliphatic heterocycles. The Morgan fingerprint density at radius 2 is 2.06 bits per heavy atom. The molecule has 0 unspecified atom stereocenters. The topological polar surface area (TPSA) is 46.2 Å². The van der Waals surface area contributed by atoms with Gasteiger partial charge in [0.1, 0.15) is 0 Å². The van der Waals surface area contributed by atoms with Crippen LogP contribution in [0.2, 0.25) is 0 Å². The highest BCUT2D eigenvalue weighted by molar-refractivity contribution is 9.10. The molecule has 0 aliphatic rings. The van der Waals surface area contributed by atoms with Crippen LogP contribution in [0.5, 0.6) is 0 Å². The smallest absolute Gasteiger partial charge is 0.201 e. The molecule has 0 atom stereocenters. The maximum Gasteiger partial charge on any atom is 0.201 e. The molecule has 16 heavy (non-hydrogen) atoms. The summed E-state index contributed by atoms with van der Waals surface area (Å²) in [5, 5.41) is 3.10. The lowest BCUT2D eigenvalue weighted by molar-refractivity contribution is -0.109.